The van der Waals surface area contributed by atoms with E-state index in [2.05, 4.69) is 10.6 Å². The van der Waals surface area contributed by atoms with Gasteiger partial charge in [0.1, 0.15) is 23.0 Å². The fraction of sp³-hybridized carbons (Fsp3) is 0.217. The maximum absolute atomic E-state index is 12.5. The highest BCUT2D eigenvalue weighted by Gasteiger charge is 2.14. The summed E-state index contributed by atoms with van der Waals surface area (Å²) in [7, 11) is 0. The normalized spacial score (nSPS) is 9.91. The number of esters is 3. The number of benzene rings is 2. The van der Waals surface area contributed by atoms with Gasteiger partial charge < -0.3 is 29.6 Å². The van der Waals surface area contributed by atoms with Gasteiger partial charge in [-0.2, -0.15) is 0 Å². The largest absolute Gasteiger partial charge is 0.429 e. The van der Waals surface area contributed by atoms with Gasteiger partial charge in [-0.1, -0.05) is 0 Å². The number of ether oxygens (including phenoxy) is 4. The molecule has 2 rings (SSSR count). The quantitative estimate of drug-likeness (QED) is 0.215. The summed E-state index contributed by atoms with van der Waals surface area (Å²) in [5, 5.41) is 5.11. The van der Waals surface area contributed by atoms with Crippen LogP contribution in [0.2, 0.25) is 0 Å². The molecule has 12 heteroatoms. The van der Waals surface area contributed by atoms with E-state index in [0.717, 1.165) is 0 Å². The Labute approximate surface area is 199 Å². The minimum atomic E-state index is -0.628. The van der Waals surface area contributed by atoms with E-state index in [1.807, 2.05) is 0 Å². The van der Waals surface area contributed by atoms with Crippen LogP contribution in [0.25, 0.3) is 0 Å². The van der Waals surface area contributed by atoms with Gasteiger partial charge in [0.25, 0.3) is 18.3 Å². The molecule has 12 nitrogen and oxygen atoms in total. The van der Waals surface area contributed by atoms with Gasteiger partial charge in [-0.3, -0.25) is 28.8 Å². The maximum atomic E-state index is 12.5. The molecule has 2 aromatic carbocycles. The van der Waals surface area contributed by atoms with E-state index < -0.39 is 29.7 Å². The topological polar surface area (TPSA) is 163 Å². The van der Waals surface area contributed by atoms with E-state index in [-0.39, 0.29) is 53.7 Å². The van der Waals surface area contributed by atoms with E-state index in [1.165, 1.54) is 57.2 Å². The van der Waals surface area contributed by atoms with Crippen molar-refractivity contribution in [1.29, 1.82) is 0 Å². The van der Waals surface area contributed by atoms with Crippen LogP contribution < -0.4 is 29.6 Å². The molecule has 2 amide bonds. The van der Waals surface area contributed by atoms with Gasteiger partial charge >= 0.3 is 17.9 Å². The van der Waals surface area contributed by atoms with E-state index >= 15 is 0 Å². The van der Waals surface area contributed by atoms with Crippen LogP contribution in [-0.4, -0.2) is 49.3 Å². The second kappa shape index (κ2) is 12.5. The Balaban J connectivity index is 2.02. The van der Waals surface area contributed by atoms with Crippen LogP contribution in [0.4, 0.5) is 0 Å². The van der Waals surface area contributed by atoms with Crippen molar-refractivity contribution in [3.05, 3.63) is 47.5 Å². The maximum Gasteiger partial charge on any atom is 0.308 e. The zero-order valence-electron chi connectivity index (χ0n) is 19.0. The van der Waals surface area contributed by atoms with Gasteiger partial charge in [0.2, 0.25) is 0 Å². The molecule has 2 aromatic rings. The lowest BCUT2D eigenvalue weighted by molar-refractivity contribution is -0.133. The van der Waals surface area contributed by atoms with Crippen molar-refractivity contribution in [2.45, 2.75) is 20.8 Å². The molecule has 2 N–H and O–H groups in total. The van der Waals surface area contributed by atoms with Crippen molar-refractivity contribution in [2.75, 3.05) is 13.1 Å². The summed E-state index contributed by atoms with van der Waals surface area (Å²) >= 11 is 0. The first-order chi connectivity index (χ1) is 16.6. The second-order valence-corrected chi connectivity index (χ2v) is 6.89. The molecule has 0 aliphatic carbocycles. The molecule has 0 atom stereocenters. The molecular formula is C23H22N2O10. The molecule has 0 saturated carbocycles. The first-order valence-electron chi connectivity index (χ1n) is 10.1. The van der Waals surface area contributed by atoms with E-state index in [9.17, 15) is 28.8 Å². The molecule has 184 valence electrons. The average molecular weight is 486 g/mol. The number of carbonyl (C=O) groups is 6. The highest BCUT2D eigenvalue weighted by Crippen LogP contribution is 2.24. The number of rotatable bonds is 10. The van der Waals surface area contributed by atoms with Crippen LogP contribution in [0.1, 0.15) is 41.5 Å². The summed E-state index contributed by atoms with van der Waals surface area (Å²) in [5.41, 5.74) is 0.100. The van der Waals surface area contributed by atoms with Crippen molar-refractivity contribution in [3.8, 4) is 23.0 Å². The number of carbonyl (C=O) groups excluding carboxylic acids is 6. The zero-order chi connectivity index (χ0) is 26.0. The third-order valence-electron chi connectivity index (χ3n) is 3.95. The summed E-state index contributed by atoms with van der Waals surface area (Å²) in [6, 6.07) is 7.68. The third-order valence-corrected chi connectivity index (χ3v) is 3.95. The number of hydrogen-bond acceptors (Lipinski definition) is 10. The molecule has 0 spiro atoms. The molecule has 0 saturated heterocycles. The zero-order valence-corrected chi connectivity index (χ0v) is 19.0. The summed E-state index contributed by atoms with van der Waals surface area (Å²) in [5.74, 6) is -3.03. The Morgan fingerprint density at radius 1 is 0.629 bits per heavy atom. The molecular weight excluding hydrogens is 464 g/mol. The smallest absolute Gasteiger partial charge is 0.308 e. The molecule has 0 heterocycles. The van der Waals surface area contributed by atoms with Crippen molar-refractivity contribution in [1.82, 2.24) is 10.6 Å². The lowest BCUT2D eigenvalue weighted by atomic mass is 10.2. The Kier molecular flexibility index (Phi) is 9.46. The fourth-order valence-electron chi connectivity index (χ4n) is 2.76. The third kappa shape index (κ3) is 8.96. The first-order valence-corrected chi connectivity index (χ1v) is 10.1. The van der Waals surface area contributed by atoms with Crippen LogP contribution in [0.5, 0.6) is 23.0 Å². The molecule has 0 aliphatic heterocycles. The van der Waals surface area contributed by atoms with Crippen molar-refractivity contribution in [2.24, 2.45) is 0 Å². The number of hydrogen-bond donors (Lipinski definition) is 2. The highest BCUT2D eigenvalue weighted by atomic mass is 16.5. The van der Waals surface area contributed by atoms with Gasteiger partial charge in [0.05, 0.1) is 0 Å². The minimum absolute atomic E-state index is 0.00606. The van der Waals surface area contributed by atoms with Gasteiger partial charge in [-0.05, 0) is 24.3 Å². The Morgan fingerprint density at radius 3 is 1.31 bits per heavy atom. The van der Waals surface area contributed by atoms with Gasteiger partial charge in [0, 0.05) is 57.1 Å². The monoisotopic (exact) mass is 486 g/mol. The van der Waals surface area contributed by atoms with Crippen LogP contribution in [0.15, 0.2) is 36.4 Å². The summed E-state index contributed by atoms with van der Waals surface area (Å²) < 4.78 is 19.6. The van der Waals surface area contributed by atoms with Gasteiger partial charge in [0.15, 0.2) is 0 Å². The fourth-order valence-corrected chi connectivity index (χ4v) is 2.76. The molecule has 0 fully saturated rings. The molecule has 0 aromatic heterocycles. The van der Waals surface area contributed by atoms with Crippen molar-refractivity contribution < 1.29 is 47.7 Å². The van der Waals surface area contributed by atoms with Crippen molar-refractivity contribution >= 4 is 36.2 Å². The van der Waals surface area contributed by atoms with Crippen LogP contribution in [-0.2, 0) is 19.2 Å². The predicted octanol–water partition coefficient (Wildman–Crippen LogP) is 1.16. The first kappa shape index (κ1) is 26.5. The van der Waals surface area contributed by atoms with Gasteiger partial charge in [-0.25, -0.2) is 0 Å². The highest BCUT2D eigenvalue weighted by molar-refractivity contribution is 5.96. The summed E-state index contributed by atoms with van der Waals surface area (Å²) in [6.45, 7) is 3.70. The minimum Gasteiger partial charge on any atom is -0.429 e. The second-order valence-electron chi connectivity index (χ2n) is 6.89. The molecule has 35 heavy (non-hydrogen) atoms. The summed E-state index contributed by atoms with van der Waals surface area (Å²) in [4.78, 5) is 69.2. The average Bonchev–Trinajstić information content (AvgIpc) is 2.74. The molecule has 0 radical (unpaired) electrons. The van der Waals surface area contributed by atoms with Gasteiger partial charge in [-0.15, -0.1) is 0 Å². The van der Waals surface area contributed by atoms with Crippen LogP contribution in [0.3, 0.4) is 0 Å². The molecule has 0 aliphatic rings. The van der Waals surface area contributed by atoms with Crippen molar-refractivity contribution in [3.63, 3.8) is 0 Å². The molecule has 0 bridgehead atoms. The summed E-state index contributed by atoms with van der Waals surface area (Å²) in [6.07, 6.45) is 0. The Bertz CT molecular complexity index is 1120. The Hall–Kier alpha value is -4.74. The number of nitrogens with one attached hydrogen (secondary N) is 2. The van der Waals surface area contributed by atoms with Crippen LogP contribution in [0, 0.1) is 0 Å². The van der Waals surface area contributed by atoms with E-state index in [0.29, 0.717) is 0 Å². The lowest BCUT2D eigenvalue weighted by Gasteiger charge is -2.11. The predicted molar refractivity (Wildman–Crippen MR) is 118 cm³/mol. The van der Waals surface area contributed by atoms with Crippen LogP contribution >= 0.6 is 0 Å². The lowest BCUT2D eigenvalue weighted by Crippen LogP contribution is -2.34. The Morgan fingerprint density at radius 2 is 0.971 bits per heavy atom. The van der Waals surface area contributed by atoms with E-state index in [1.54, 1.807) is 0 Å². The number of amides is 2. The standard InChI is InChI=1S/C23H22N2O10/c1-13(27)33-19-7-16(6-18(10-19)32-12-26)22(30)24-4-5-25-23(31)17-8-20(34-14(2)28)11-21(9-17)35-15(3)29/h6-12H,4-5H2,1-3H3,(H,24,30)(H,25,31). The molecule has 0 unspecified atom stereocenters. The SMILES string of the molecule is CC(=O)Oc1cc(OC=O)cc(C(=O)NCCNC(=O)c2cc(OC(C)=O)cc(OC(C)=O)c2)c1. The van der Waals surface area contributed by atoms with E-state index in [4.69, 9.17) is 18.9 Å².